The molecule has 112 valence electrons. The lowest BCUT2D eigenvalue weighted by atomic mass is 9.95. The van der Waals surface area contributed by atoms with Gasteiger partial charge in [0.25, 0.3) is 0 Å². The second kappa shape index (κ2) is 6.12. The summed E-state index contributed by atoms with van der Waals surface area (Å²) in [6.07, 6.45) is -6.93. The molecule has 5 atom stereocenters. The fraction of sp³-hybridized carbons (Fsp3) is 0.900. The molecule has 0 aromatic rings. The molecule has 0 bridgehead atoms. The molecule has 19 heavy (non-hydrogen) atoms. The third-order valence-electron chi connectivity index (χ3n) is 2.87. The zero-order valence-electron chi connectivity index (χ0n) is 10.6. The highest BCUT2D eigenvalue weighted by Crippen LogP contribution is 2.25. The third-order valence-corrected chi connectivity index (χ3v) is 4.24. The van der Waals surface area contributed by atoms with Gasteiger partial charge in [-0.15, -0.1) is 0 Å². The number of aliphatic hydroxyl groups is 2. The summed E-state index contributed by atoms with van der Waals surface area (Å²) < 4.78 is 43.0. The summed E-state index contributed by atoms with van der Waals surface area (Å²) in [5, 5.41) is 19.0. The predicted molar refractivity (Wildman–Crippen MR) is 63.5 cm³/mol. The van der Waals surface area contributed by atoms with Gasteiger partial charge in [0, 0.05) is 6.92 Å². The summed E-state index contributed by atoms with van der Waals surface area (Å²) in [5.41, 5.74) is 0. The van der Waals surface area contributed by atoms with Crippen molar-refractivity contribution in [3.8, 4) is 0 Å². The van der Waals surface area contributed by atoms with Gasteiger partial charge in [-0.2, -0.15) is 0 Å². The molecule has 0 spiro atoms. The van der Waals surface area contributed by atoms with Gasteiger partial charge in [0.2, 0.25) is 15.9 Å². The molecule has 0 aromatic heterocycles. The molecule has 0 aliphatic carbocycles. The second-order valence-corrected chi connectivity index (χ2v) is 6.41. The van der Waals surface area contributed by atoms with Gasteiger partial charge in [-0.25, -0.2) is 12.8 Å². The standard InChI is InChI=1S/C10H18FNO6S/c1-5-8(11)10(15)9(14)7(18-5)3-4-19(16,17)12-6(2)13/h5,7-10,14-15H,3-4H2,1-2H3,(H,12,13)/t5?,7?,8?,9-,10-/m1/s1. The smallest absolute Gasteiger partial charge is 0.234 e. The number of halogens is 1. The first-order valence-electron chi connectivity index (χ1n) is 5.81. The van der Waals surface area contributed by atoms with E-state index in [1.54, 1.807) is 4.72 Å². The van der Waals surface area contributed by atoms with Crippen LogP contribution in [0.2, 0.25) is 0 Å². The van der Waals surface area contributed by atoms with Gasteiger partial charge in [-0.05, 0) is 13.3 Å². The van der Waals surface area contributed by atoms with Crippen molar-refractivity contribution in [2.24, 2.45) is 0 Å². The van der Waals surface area contributed by atoms with Crippen molar-refractivity contribution in [1.29, 1.82) is 0 Å². The minimum Gasteiger partial charge on any atom is -0.388 e. The average Bonchev–Trinajstić information content (AvgIpc) is 2.28. The second-order valence-electron chi connectivity index (χ2n) is 4.57. The van der Waals surface area contributed by atoms with E-state index >= 15 is 0 Å². The average molecular weight is 299 g/mol. The van der Waals surface area contributed by atoms with Crippen LogP contribution in [0.15, 0.2) is 0 Å². The molecule has 1 rings (SSSR count). The van der Waals surface area contributed by atoms with Crippen LogP contribution in [0.4, 0.5) is 4.39 Å². The lowest BCUT2D eigenvalue weighted by molar-refractivity contribution is -0.198. The van der Waals surface area contributed by atoms with Crippen molar-refractivity contribution in [3.05, 3.63) is 0 Å². The highest BCUT2D eigenvalue weighted by Gasteiger charge is 2.42. The first-order chi connectivity index (χ1) is 8.64. The molecular formula is C10H18FNO6S. The Bertz CT molecular complexity index is 428. The summed E-state index contributed by atoms with van der Waals surface area (Å²) in [6, 6.07) is 0. The number of hydrogen-bond acceptors (Lipinski definition) is 6. The molecule has 1 aliphatic heterocycles. The first-order valence-corrected chi connectivity index (χ1v) is 7.46. The molecule has 1 fully saturated rings. The molecule has 3 N–H and O–H groups in total. The van der Waals surface area contributed by atoms with Crippen LogP contribution in [0, 0.1) is 0 Å². The molecule has 1 saturated heterocycles. The number of aliphatic hydroxyl groups excluding tert-OH is 2. The molecule has 1 amide bonds. The van der Waals surface area contributed by atoms with E-state index in [4.69, 9.17) is 4.74 Å². The van der Waals surface area contributed by atoms with Crippen LogP contribution < -0.4 is 4.72 Å². The van der Waals surface area contributed by atoms with Crippen LogP contribution in [-0.4, -0.2) is 60.9 Å². The van der Waals surface area contributed by atoms with Gasteiger partial charge < -0.3 is 14.9 Å². The molecule has 0 saturated carbocycles. The third kappa shape index (κ3) is 4.37. The van der Waals surface area contributed by atoms with E-state index < -0.39 is 52.3 Å². The van der Waals surface area contributed by atoms with Crippen LogP contribution in [0.3, 0.4) is 0 Å². The zero-order valence-corrected chi connectivity index (χ0v) is 11.4. The number of carbonyl (C=O) groups is 1. The van der Waals surface area contributed by atoms with Crippen LogP contribution in [0.1, 0.15) is 20.3 Å². The van der Waals surface area contributed by atoms with Crippen molar-refractivity contribution in [2.45, 2.75) is 50.9 Å². The summed E-state index contributed by atoms with van der Waals surface area (Å²) in [5.74, 6) is -1.19. The number of sulfonamides is 1. The highest BCUT2D eigenvalue weighted by atomic mass is 32.2. The Labute approximate surface area is 110 Å². The molecule has 7 nitrogen and oxygen atoms in total. The Morgan fingerprint density at radius 3 is 2.47 bits per heavy atom. The molecule has 0 aromatic carbocycles. The Morgan fingerprint density at radius 1 is 1.37 bits per heavy atom. The van der Waals surface area contributed by atoms with Gasteiger partial charge in [0.1, 0.15) is 12.2 Å². The Hall–Kier alpha value is -0.770. The van der Waals surface area contributed by atoms with Crippen molar-refractivity contribution in [2.75, 3.05) is 5.75 Å². The maximum Gasteiger partial charge on any atom is 0.234 e. The van der Waals surface area contributed by atoms with E-state index in [0.717, 1.165) is 6.92 Å². The minimum absolute atomic E-state index is 0.155. The fourth-order valence-electron chi connectivity index (χ4n) is 1.90. The van der Waals surface area contributed by atoms with Crippen molar-refractivity contribution in [1.82, 2.24) is 4.72 Å². The Kier molecular flexibility index (Phi) is 5.25. The number of hydrogen-bond donors (Lipinski definition) is 3. The Balaban J connectivity index is 2.60. The van der Waals surface area contributed by atoms with Crippen LogP contribution in [0.5, 0.6) is 0 Å². The molecule has 9 heteroatoms. The molecule has 0 radical (unpaired) electrons. The summed E-state index contributed by atoms with van der Waals surface area (Å²) in [7, 11) is -3.82. The quantitative estimate of drug-likeness (QED) is 0.594. The van der Waals surface area contributed by atoms with E-state index in [0.29, 0.717) is 0 Å². The van der Waals surface area contributed by atoms with E-state index in [9.17, 15) is 27.8 Å². The van der Waals surface area contributed by atoms with Crippen molar-refractivity contribution < 1.29 is 32.6 Å². The first kappa shape index (κ1) is 16.3. The van der Waals surface area contributed by atoms with E-state index in [2.05, 4.69) is 0 Å². The lowest BCUT2D eigenvalue weighted by Crippen LogP contribution is -2.55. The van der Waals surface area contributed by atoms with Crippen LogP contribution >= 0.6 is 0 Å². The number of alkyl halides is 1. The SMILES string of the molecule is CC(=O)NS(=O)(=O)CCC1OC(C)C(F)[C@@H](O)[C@@H]1O. The predicted octanol–water partition coefficient (Wildman–Crippen LogP) is -1.31. The largest absolute Gasteiger partial charge is 0.388 e. The van der Waals surface area contributed by atoms with E-state index in [1.165, 1.54) is 6.92 Å². The number of carbonyl (C=O) groups excluding carboxylic acids is 1. The molecular weight excluding hydrogens is 281 g/mol. The van der Waals surface area contributed by atoms with Crippen LogP contribution in [-0.2, 0) is 19.6 Å². The topological polar surface area (TPSA) is 113 Å². The summed E-state index contributed by atoms with van der Waals surface area (Å²) >= 11 is 0. The van der Waals surface area contributed by atoms with Gasteiger partial charge in [0.15, 0.2) is 6.17 Å². The fourth-order valence-corrected chi connectivity index (χ4v) is 2.98. The van der Waals surface area contributed by atoms with Gasteiger partial charge in [0.05, 0.1) is 18.0 Å². The number of amides is 1. The zero-order chi connectivity index (χ0) is 14.8. The number of ether oxygens (including phenoxy) is 1. The molecule has 1 aliphatic rings. The van der Waals surface area contributed by atoms with Crippen LogP contribution in [0.25, 0.3) is 0 Å². The van der Waals surface area contributed by atoms with Gasteiger partial charge >= 0.3 is 0 Å². The lowest BCUT2D eigenvalue weighted by Gasteiger charge is -2.38. The number of rotatable bonds is 4. The normalized spacial score (nSPS) is 35.9. The maximum atomic E-state index is 13.3. The monoisotopic (exact) mass is 299 g/mol. The summed E-state index contributed by atoms with van der Waals surface area (Å²) in [4.78, 5) is 10.7. The molecule has 1 heterocycles. The van der Waals surface area contributed by atoms with E-state index in [1.807, 2.05) is 0 Å². The minimum atomic E-state index is -3.82. The van der Waals surface area contributed by atoms with Crippen molar-refractivity contribution >= 4 is 15.9 Å². The van der Waals surface area contributed by atoms with Gasteiger partial charge in [-0.1, -0.05) is 0 Å². The number of nitrogens with one attached hydrogen (secondary N) is 1. The Morgan fingerprint density at radius 2 is 1.95 bits per heavy atom. The summed E-state index contributed by atoms with van der Waals surface area (Å²) in [6.45, 7) is 2.44. The van der Waals surface area contributed by atoms with Gasteiger partial charge in [-0.3, -0.25) is 9.52 Å². The van der Waals surface area contributed by atoms with Crippen molar-refractivity contribution in [3.63, 3.8) is 0 Å². The maximum absolute atomic E-state index is 13.3. The molecule has 3 unspecified atom stereocenters. The van der Waals surface area contributed by atoms with E-state index in [-0.39, 0.29) is 6.42 Å². The highest BCUT2D eigenvalue weighted by molar-refractivity contribution is 7.90.